The van der Waals surface area contributed by atoms with Crippen molar-refractivity contribution in [1.29, 1.82) is 5.26 Å². The average Bonchev–Trinajstić information content (AvgIpc) is 2.84. The van der Waals surface area contributed by atoms with Crippen molar-refractivity contribution in [3.05, 3.63) is 101 Å². The zero-order valence-corrected chi connectivity index (χ0v) is 18.2. The summed E-state index contributed by atoms with van der Waals surface area (Å²) in [6, 6.07) is 24.0. The van der Waals surface area contributed by atoms with Crippen molar-refractivity contribution in [3.8, 4) is 11.8 Å². The molecule has 3 amide bonds. The standard InChI is InChI=1S/C26H22N4O3/c1-17-23(25(31)28-20-6-4-3-5-7-20)24(19-10-8-18(16-27)9-11-19)29-26(32)30(17)21-12-14-22(33-2)15-13-21/h3-15,24H,1-2H3,(H,28,31)(H,29,32)/t24-/m1/s1. The van der Waals surface area contributed by atoms with Crippen molar-refractivity contribution < 1.29 is 14.3 Å². The molecule has 7 nitrogen and oxygen atoms in total. The summed E-state index contributed by atoms with van der Waals surface area (Å²) >= 11 is 0. The summed E-state index contributed by atoms with van der Waals surface area (Å²) in [5.41, 5.74) is 3.36. The van der Waals surface area contributed by atoms with Crippen LogP contribution in [0.25, 0.3) is 0 Å². The number of carbonyl (C=O) groups excluding carboxylic acids is 2. The number of allylic oxidation sites excluding steroid dienone is 1. The van der Waals surface area contributed by atoms with E-state index in [4.69, 9.17) is 10.00 Å². The third-order valence-electron chi connectivity index (χ3n) is 5.46. The van der Waals surface area contributed by atoms with Crippen molar-refractivity contribution in [2.45, 2.75) is 13.0 Å². The second-order valence-corrected chi connectivity index (χ2v) is 7.47. The lowest BCUT2D eigenvalue weighted by Crippen LogP contribution is -2.48. The maximum absolute atomic E-state index is 13.4. The third kappa shape index (κ3) is 4.41. The zero-order valence-electron chi connectivity index (χ0n) is 18.2. The van der Waals surface area contributed by atoms with Gasteiger partial charge >= 0.3 is 6.03 Å². The molecule has 0 saturated heterocycles. The van der Waals surface area contributed by atoms with Gasteiger partial charge < -0.3 is 15.4 Å². The van der Waals surface area contributed by atoms with Crippen LogP contribution in [0.1, 0.15) is 24.1 Å². The monoisotopic (exact) mass is 438 g/mol. The number of rotatable bonds is 5. The first kappa shape index (κ1) is 21.7. The molecule has 0 unspecified atom stereocenters. The van der Waals surface area contributed by atoms with Crippen LogP contribution in [0.15, 0.2) is 90.1 Å². The van der Waals surface area contributed by atoms with Crippen LogP contribution in [0, 0.1) is 11.3 Å². The number of urea groups is 1. The van der Waals surface area contributed by atoms with E-state index in [0.29, 0.717) is 39.5 Å². The van der Waals surface area contributed by atoms with Gasteiger partial charge in [0.25, 0.3) is 5.91 Å². The first-order valence-electron chi connectivity index (χ1n) is 10.3. The average molecular weight is 438 g/mol. The minimum absolute atomic E-state index is 0.327. The summed E-state index contributed by atoms with van der Waals surface area (Å²) < 4.78 is 5.21. The van der Waals surface area contributed by atoms with E-state index in [-0.39, 0.29) is 11.9 Å². The largest absolute Gasteiger partial charge is 0.497 e. The Labute approximate surface area is 191 Å². The molecular formula is C26H22N4O3. The Morgan fingerprint density at radius 2 is 1.70 bits per heavy atom. The smallest absolute Gasteiger partial charge is 0.326 e. The van der Waals surface area contributed by atoms with Gasteiger partial charge in [-0.05, 0) is 61.0 Å². The summed E-state index contributed by atoms with van der Waals surface area (Å²) in [6.07, 6.45) is 0. The fraction of sp³-hybridized carbons (Fsp3) is 0.115. The van der Waals surface area contributed by atoms with E-state index in [1.54, 1.807) is 74.7 Å². The summed E-state index contributed by atoms with van der Waals surface area (Å²) in [7, 11) is 1.57. The Hall–Kier alpha value is -4.57. The molecule has 4 rings (SSSR count). The number of carbonyl (C=O) groups is 2. The number of hydrogen-bond acceptors (Lipinski definition) is 4. The second kappa shape index (κ2) is 9.28. The molecule has 164 valence electrons. The fourth-order valence-electron chi connectivity index (χ4n) is 3.80. The van der Waals surface area contributed by atoms with E-state index in [1.165, 1.54) is 4.90 Å². The number of nitrogens with one attached hydrogen (secondary N) is 2. The van der Waals surface area contributed by atoms with Gasteiger partial charge in [-0.1, -0.05) is 30.3 Å². The molecule has 7 heteroatoms. The van der Waals surface area contributed by atoms with Gasteiger partial charge in [0, 0.05) is 11.4 Å². The van der Waals surface area contributed by atoms with Crippen LogP contribution in [0.3, 0.4) is 0 Å². The van der Waals surface area contributed by atoms with Gasteiger partial charge in [0.2, 0.25) is 0 Å². The van der Waals surface area contributed by atoms with Gasteiger partial charge in [-0.2, -0.15) is 5.26 Å². The molecule has 0 bridgehead atoms. The highest BCUT2D eigenvalue weighted by molar-refractivity contribution is 6.09. The molecule has 0 spiro atoms. The quantitative estimate of drug-likeness (QED) is 0.601. The lowest BCUT2D eigenvalue weighted by Gasteiger charge is -2.35. The van der Waals surface area contributed by atoms with Crippen LogP contribution in [0.5, 0.6) is 5.75 Å². The molecule has 3 aromatic rings. The van der Waals surface area contributed by atoms with Gasteiger partial charge in [-0.25, -0.2) is 4.79 Å². The predicted molar refractivity (Wildman–Crippen MR) is 126 cm³/mol. The van der Waals surface area contributed by atoms with Crippen molar-refractivity contribution in [1.82, 2.24) is 5.32 Å². The highest BCUT2D eigenvalue weighted by atomic mass is 16.5. The van der Waals surface area contributed by atoms with Crippen LogP contribution in [0.4, 0.5) is 16.2 Å². The highest BCUT2D eigenvalue weighted by Gasteiger charge is 2.36. The molecule has 0 fully saturated rings. The molecule has 1 heterocycles. The molecule has 1 aliphatic rings. The Morgan fingerprint density at radius 3 is 2.30 bits per heavy atom. The number of anilines is 2. The van der Waals surface area contributed by atoms with Crippen LogP contribution in [-0.4, -0.2) is 19.0 Å². The van der Waals surface area contributed by atoms with E-state index in [1.807, 2.05) is 18.2 Å². The summed E-state index contributed by atoms with van der Waals surface area (Å²) in [5, 5.41) is 15.0. The predicted octanol–water partition coefficient (Wildman–Crippen LogP) is 4.75. The summed E-state index contributed by atoms with van der Waals surface area (Å²) in [4.78, 5) is 28.1. The number of hydrogen-bond donors (Lipinski definition) is 2. The molecule has 3 aromatic carbocycles. The zero-order chi connectivity index (χ0) is 23.4. The minimum atomic E-state index is -0.677. The lowest BCUT2D eigenvalue weighted by atomic mass is 9.93. The van der Waals surface area contributed by atoms with Gasteiger partial charge in [0.15, 0.2) is 0 Å². The number of para-hydroxylation sites is 1. The number of methoxy groups -OCH3 is 1. The molecule has 0 saturated carbocycles. The number of benzene rings is 3. The maximum atomic E-state index is 13.4. The van der Waals surface area contributed by atoms with Crippen molar-refractivity contribution in [2.75, 3.05) is 17.3 Å². The van der Waals surface area contributed by atoms with Crippen LogP contribution in [-0.2, 0) is 4.79 Å². The highest BCUT2D eigenvalue weighted by Crippen LogP contribution is 2.34. The Bertz CT molecular complexity index is 1240. The van der Waals surface area contributed by atoms with Crippen LogP contribution in [0.2, 0.25) is 0 Å². The third-order valence-corrected chi connectivity index (χ3v) is 5.46. The number of amides is 3. The van der Waals surface area contributed by atoms with E-state index < -0.39 is 6.04 Å². The number of nitrogens with zero attached hydrogens (tertiary/aromatic N) is 2. The van der Waals surface area contributed by atoms with E-state index in [2.05, 4.69) is 16.7 Å². The molecule has 2 N–H and O–H groups in total. The van der Waals surface area contributed by atoms with Crippen molar-refractivity contribution in [2.24, 2.45) is 0 Å². The fourth-order valence-corrected chi connectivity index (χ4v) is 3.80. The maximum Gasteiger partial charge on any atom is 0.326 e. The van der Waals surface area contributed by atoms with Crippen molar-refractivity contribution in [3.63, 3.8) is 0 Å². The summed E-state index contributed by atoms with van der Waals surface area (Å²) in [5.74, 6) is 0.335. The molecule has 0 aromatic heterocycles. The van der Waals surface area contributed by atoms with Gasteiger partial charge in [-0.15, -0.1) is 0 Å². The molecule has 33 heavy (non-hydrogen) atoms. The van der Waals surface area contributed by atoms with Gasteiger partial charge in [0.1, 0.15) is 5.75 Å². The first-order valence-corrected chi connectivity index (χ1v) is 10.3. The second-order valence-electron chi connectivity index (χ2n) is 7.47. The minimum Gasteiger partial charge on any atom is -0.497 e. The van der Waals surface area contributed by atoms with Crippen molar-refractivity contribution >= 4 is 23.3 Å². The van der Waals surface area contributed by atoms with Crippen LogP contribution >= 0.6 is 0 Å². The van der Waals surface area contributed by atoms with Gasteiger partial charge in [0.05, 0.1) is 36.0 Å². The SMILES string of the molecule is COc1ccc(N2C(=O)N[C@H](c3ccc(C#N)cc3)C(C(=O)Nc3ccccc3)=C2C)cc1. The normalized spacial score (nSPS) is 15.5. The van der Waals surface area contributed by atoms with E-state index in [9.17, 15) is 9.59 Å². The lowest BCUT2D eigenvalue weighted by molar-refractivity contribution is -0.113. The summed E-state index contributed by atoms with van der Waals surface area (Å²) in [6.45, 7) is 1.75. The molecule has 0 radical (unpaired) electrons. The first-order chi connectivity index (χ1) is 16.0. The van der Waals surface area contributed by atoms with E-state index >= 15 is 0 Å². The molecule has 0 aliphatic carbocycles. The molecular weight excluding hydrogens is 416 g/mol. The Kier molecular flexibility index (Phi) is 6.09. The number of ether oxygens (including phenoxy) is 1. The van der Waals surface area contributed by atoms with Gasteiger partial charge in [-0.3, -0.25) is 9.69 Å². The topological polar surface area (TPSA) is 94.5 Å². The Morgan fingerprint density at radius 1 is 1.03 bits per heavy atom. The Balaban J connectivity index is 1.79. The van der Waals surface area contributed by atoms with Crippen LogP contribution < -0.4 is 20.3 Å². The molecule has 1 aliphatic heterocycles. The number of nitriles is 1. The molecule has 1 atom stereocenters. The van der Waals surface area contributed by atoms with E-state index in [0.717, 1.165) is 0 Å².